The van der Waals surface area contributed by atoms with E-state index in [1.165, 1.54) is 12.8 Å². The lowest BCUT2D eigenvalue weighted by atomic mass is 9.70. The first-order valence-corrected chi connectivity index (χ1v) is 15.2. The van der Waals surface area contributed by atoms with E-state index in [1.807, 2.05) is 20.8 Å². The quantitative estimate of drug-likeness (QED) is 0.0550. The molecule has 1 saturated carbocycles. The lowest BCUT2D eigenvalue weighted by Crippen LogP contribution is -2.50. The molecular formula is C31H49F5O3. The van der Waals surface area contributed by atoms with Crippen molar-refractivity contribution >= 4 is 0 Å². The van der Waals surface area contributed by atoms with Crippen molar-refractivity contribution in [2.45, 2.75) is 129 Å². The van der Waals surface area contributed by atoms with E-state index < -0.39 is 46.5 Å². The Bertz CT molecular complexity index is 799. The number of rotatable bonds is 19. The molecule has 0 aromatic heterocycles. The maximum absolute atomic E-state index is 14.8. The highest BCUT2D eigenvalue weighted by molar-refractivity contribution is 5.28. The molecule has 1 fully saturated rings. The highest BCUT2D eigenvalue weighted by Gasteiger charge is 2.48. The highest BCUT2D eigenvalue weighted by atomic mass is 19.2. The summed E-state index contributed by atoms with van der Waals surface area (Å²) in [6, 6.07) is 0. The second-order valence-electron chi connectivity index (χ2n) is 10.9. The van der Waals surface area contributed by atoms with Gasteiger partial charge in [0.2, 0.25) is 5.82 Å². The molecule has 1 aromatic carbocycles. The van der Waals surface area contributed by atoms with Crippen LogP contribution in [0.3, 0.4) is 0 Å². The zero-order chi connectivity index (χ0) is 28.8. The zero-order valence-electron chi connectivity index (χ0n) is 24.4. The Morgan fingerprint density at radius 1 is 0.641 bits per heavy atom. The summed E-state index contributed by atoms with van der Waals surface area (Å²) in [6.45, 7) is 9.47. The second-order valence-corrected chi connectivity index (χ2v) is 10.9. The minimum atomic E-state index is -2.12. The van der Waals surface area contributed by atoms with Crippen LogP contribution in [0.5, 0.6) is 0 Å². The van der Waals surface area contributed by atoms with Crippen LogP contribution in [0.15, 0.2) is 0 Å². The topological polar surface area (TPSA) is 27.7 Å². The third-order valence-corrected chi connectivity index (χ3v) is 7.78. The molecule has 1 aliphatic rings. The van der Waals surface area contributed by atoms with Crippen LogP contribution in [0.25, 0.3) is 0 Å². The number of hydrogen-bond donors (Lipinski definition) is 0. The molecule has 0 amide bonds. The van der Waals surface area contributed by atoms with Crippen LogP contribution in [0, 0.1) is 40.9 Å². The minimum absolute atomic E-state index is 0.125. The molecular weight excluding hydrogens is 515 g/mol. The van der Waals surface area contributed by atoms with Crippen LogP contribution < -0.4 is 0 Å². The average molecular weight is 565 g/mol. The largest absolute Gasteiger partial charge is 0.327 e. The van der Waals surface area contributed by atoms with Crippen molar-refractivity contribution < 1.29 is 36.2 Å². The van der Waals surface area contributed by atoms with Gasteiger partial charge in [0.05, 0.1) is 19.8 Å². The molecule has 0 saturated heterocycles. The van der Waals surface area contributed by atoms with Crippen LogP contribution in [0.2, 0.25) is 0 Å². The standard InChI is InChI=1S/C31H49F5O3/c1-5-9-10-11-12-13-17-24(31(37-18-6-2,38-19-7-3)39-20-8-4)22-15-14-16-23(21-22)25-26(32)28(34)30(36)29(35)27(25)33/h22-24H,5-21H2,1-4H3. The summed E-state index contributed by atoms with van der Waals surface area (Å²) in [6.07, 6.45) is 11.6. The number of unbranched alkanes of at least 4 members (excludes halogenated alkanes) is 5. The van der Waals surface area contributed by atoms with E-state index in [0.717, 1.165) is 57.8 Å². The summed E-state index contributed by atoms with van der Waals surface area (Å²) >= 11 is 0. The fraction of sp³-hybridized carbons (Fsp3) is 0.806. The molecule has 226 valence electrons. The smallest absolute Gasteiger partial charge is 0.286 e. The summed E-state index contributed by atoms with van der Waals surface area (Å²) in [5.41, 5.74) is -0.696. The van der Waals surface area contributed by atoms with E-state index in [-0.39, 0.29) is 18.3 Å². The van der Waals surface area contributed by atoms with E-state index in [1.54, 1.807) is 0 Å². The summed E-state index contributed by atoms with van der Waals surface area (Å²) in [7, 11) is 0. The molecule has 0 aliphatic heterocycles. The Hall–Kier alpha value is -1.25. The molecule has 0 spiro atoms. The molecule has 3 nitrogen and oxygen atoms in total. The van der Waals surface area contributed by atoms with Crippen LogP contribution in [-0.2, 0) is 14.2 Å². The first-order valence-electron chi connectivity index (χ1n) is 15.2. The molecule has 1 aliphatic carbocycles. The fourth-order valence-electron chi connectivity index (χ4n) is 5.86. The van der Waals surface area contributed by atoms with Crippen molar-refractivity contribution in [3.05, 3.63) is 34.6 Å². The van der Waals surface area contributed by atoms with Crippen molar-refractivity contribution in [3.63, 3.8) is 0 Å². The van der Waals surface area contributed by atoms with Gasteiger partial charge in [-0.2, -0.15) is 0 Å². The highest BCUT2D eigenvalue weighted by Crippen LogP contribution is 2.47. The molecule has 39 heavy (non-hydrogen) atoms. The van der Waals surface area contributed by atoms with Crippen LogP contribution in [0.4, 0.5) is 22.0 Å². The van der Waals surface area contributed by atoms with Crippen molar-refractivity contribution in [1.82, 2.24) is 0 Å². The van der Waals surface area contributed by atoms with Gasteiger partial charge in [0.1, 0.15) is 0 Å². The van der Waals surface area contributed by atoms with Gasteiger partial charge in [-0.3, -0.25) is 0 Å². The summed E-state index contributed by atoms with van der Waals surface area (Å²) in [5.74, 6) is -11.8. The van der Waals surface area contributed by atoms with E-state index in [9.17, 15) is 22.0 Å². The van der Waals surface area contributed by atoms with Crippen molar-refractivity contribution in [3.8, 4) is 0 Å². The van der Waals surface area contributed by atoms with Gasteiger partial charge in [-0.25, -0.2) is 22.0 Å². The number of benzene rings is 1. The monoisotopic (exact) mass is 564 g/mol. The predicted molar refractivity (Wildman–Crippen MR) is 144 cm³/mol. The van der Waals surface area contributed by atoms with E-state index in [2.05, 4.69) is 6.92 Å². The van der Waals surface area contributed by atoms with E-state index >= 15 is 0 Å². The number of halogens is 5. The first kappa shape index (κ1) is 34.0. The van der Waals surface area contributed by atoms with Crippen molar-refractivity contribution in [2.75, 3.05) is 19.8 Å². The normalized spacial score (nSPS) is 19.0. The number of hydrogen-bond acceptors (Lipinski definition) is 3. The summed E-state index contributed by atoms with van der Waals surface area (Å²) in [5, 5.41) is 0. The molecule has 0 heterocycles. The Morgan fingerprint density at radius 3 is 1.64 bits per heavy atom. The molecule has 0 N–H and O–H groups in total. The Kier molecular flexibility index (Phi) is 15.3. The van der Waals surface area contributed by atoms with Gasteiger partial charge < -0.3 is 14.2 Å². The van der Waals surface area contributed by atoms with Crippen LogP contribution in [-0.4, -0.2) is 25.8 Å². The Morgan fingerprint density at radius 2 is 1.13 bits per heavy atom. The fourth-order valence-corrected chi connectivity index (χ4v) is 5.86. The second kappa shape index (κ2) is 17.5. The first-order chi connectivity index (χ1) is 18.8. The molecule has 2 rings (SSSR count). The van der Waals surface area contributed by atoms with Crippen LogP contribution >= 0.6 is 0 Å². The van der Waals surface area contributed by atoms with Gasteiger partial charge in [-0.1, -0.05) is 72.6 Å². The predicted octanol–water partition coefficient (Wildman–Crippen LogP) is 9.96. The van der Waals surface area contributed by atoms with Gasteiger partial charge in [-0.15, -0.1) is 0 Å². The maximum atomic E-state index is 14.8. The third kappa shape index (κ3) is 9.12. The molecule has 3 atom stereocenters. The van der Waals surface area contributed by atoms with Crippen molar-refractivity contribution in [1.29, 1.82) is 0 Å². The SMILES string of the molecule is CCCCCCCCC(C1CCCC(c2c(F)c(F)c(F)c(F)c2F)C1)C(OCCC)(OCCC)OCCC. The lowest BCUT2D eigenvalue weighted by molar-refractivity contribution is -0.412. The van der Waals surface area contributed by atoms with Gasteiger partial charge in [0.15, 0.2) is 23.3 Å². The van der Waals surface area contributed by atoms with Crippen molar-refractivity contribution in [2.24, 2.45) is 11.8 Å². The molecule has 1 aromatic rings. The molecule has 0 bridgehead atoms. The zero-order valence-corrected chi connectivity index (χ0v) is 24.4. The molecule has 3 unspecified atom stereocenters. The van der Waals surface area contributed by atoms with E-state index in [0.29, 0.717) is 32.7 Å². The third-order valence-electron chi connectivity index (χ3n) is 7.78. The summed E-state index contributed by atoms with van der Waals surface area (Å²) < 4.78 is 90.7. The lowest BCUT2D eigenvalue weighted by Gasteiger charge is -2.45. The summed E-state index contributed by atoms with van der Waals surface area (Å²) in [4.78, 5) is 0. The van der Waals surface area contributed by atoms with Gasteiger partial charge in [-0.05, 0) is 56.8 Å². The molecule has 8 heteroatoms. The average Bonchev–Trinajstić information content (AvgIpc) is 2.95. The minimum Gasteiger partial charge on any atom is -0.327 e. The maximum Gasteiger partial charge on any atom is 0.286 e. The Balaban J connectivity index is 2.43. The van der Waals surface area contributed by atoms with E-state index in [4.69, 9.17) is 14.2 Å². The van der Waals surface area contributed by atoms with Crippen LogP contribution in [0.1, 0.15) is 129 Å². The Labute approximate surface area is 232 Å². The van der Waals surface area contributed by atoms with Gasteiger partial charge in [0.25, 0.3) is 5.97 Å². The van der Waals surface area contributed by atoms with Gasteiger partial charge >= 0.3 is 0 Å². The van der Waals surface area contributed by atoms with Gasteiger partial charge in [0, 0.05) is 11.5 Å². The molecule has 0 radical (unpaired) electrons. The number of ether oxygens (including phenoxy) is 3.